The Balaban J connectivity index is 1.61. The smallest absolute Gasteiger partial charge is 0.234 e. The topological polar surface area (TPSA) is 70.0 Å². The van der Waals surface area contributed by atoms with E-state index in [1.54, 1.807) is 19.5 Å². The van der Waals surface area contributed by atoms with Crippen LogP contribution < -0.4 is 5.32 Å². The highest BCUT2D eigenvalue weighted by atomic mass is 79.9. The van der Waals surface area contributed by atoms with Gasteiger partial charge in [-0.05, 0) is 71.5 Å². The Kier molecular flexibility index (Phi) is 11.2. The summed E-state index contributed by atoms with van der Waals surface area (Å²) < 4.78 is 0.837. The van der Waals surface area contributed by atoms with Gasteiger partial charge in [0.05, 0.1) is 16.1 Å². The molecule has 1 unspecified atom stereocenters. The summed E-state index contributed by atoms with van der Waals surface area (Å²) in [6.07, 6.45) is 9.40. The molecule has 0 bridgehead atoms. The Morgan fingerprint density at radius 3 is 2.37 bits per heavy atom. The molecule has 0 radical (unpaired) electrons. The average Bonchev–Trinajstić information content (AvgIpc) is 3.01. The van der Waals surface area contributed by atoms with E-state index >= 15 is 0 Å². The van der Waals surface area contributed by atoms with E-state index in [1.807, 2.05) is 84.8 Å². The van der Waals surface area contributed by atoms with E-state index in [2.05, 4.69) is 50.3 Å². The number of halogens is 1. The molecule has 3 aromatic rings. The first kappa shape index (κ1) is 30.1. The molecule has 0 saturated carbocycles. The number of allylic oxidation sites excluding steroid dienone is 4. The number of hydrogen-bond acceptors (Lipinski definition) is 5. The summed E-state index contributed by atoms with van der Waals surface area (Å²) in [5, 5.41) is 3.50. The number of aromatic nitrogens is 1. The van der Waals surface area contributed by atoms with E-state index in [0.717, 1.165) is 57.7 Å². The van der Waals surface area contributed by atoms with Gasteiger partial charge in [-0.3, -0.25) is 19.8 Å². The van der Waals surface area contributed by atoms with Crippen molar-refractivity contribution in [3.63, 3.8) is 0 Å². The molecule has 41 heavy (non-hydrogen) atoms. The number of nitrogens with zero attached hydrogens (tertiary/aromatic N) is 4. The van der Waals surface area contributed by atoms with E-state index in [4.69, 9.17) is 4.99 Å². The minimum Gasteiger partial charge on any atom is -0.384 e. The summed E-state index contributed by atoms with van der Waals surface area (Å²) in [7, 11) is 1.74. The lowest BCUT2D eigenvalue weighted by Gasteiger charge is -2.35. The van der Waals surface area contributed by atoms with Crippen LogP contribution in [0.2, 0.25) is 0 Å². The van der Waals surface area contributed by atoms with E-state index in [0.29, 0.717) is 13.1 Å². The molecule has 1 N–H and O–H groups in total. The third-order valence-corrected chi connectivity index (χ3v) is 7.99. The van der Waals surface area contributed by atoms with Crippen molar-refractivity contribution in [3.8, 4) is 0 Å². The molecule has 1 amide bonds. The predicted octanol–water partition coefficient (Wildman–Crippen LogP) is 6.91. The minimum absolute atomic E-state index is 0.101. The Morgan fingerprint density at radius 1 is 1.07 bits per heavy atom. The van der Waals surface area contributed by atoms with Crippen molar-refractivity contribution in [2.45, 2.75) is 39.2 Å². The molecule has 4 rings (SSSR count). The lowest BCUT2D eigenvalue weighted by molar-refractivity contribution is -0.133. The van der Waals surface area contributed by atoms with Crippen LogP contribution in [0.3, 0.4) is 0 Å². The van der Waals surface area contributed by atoms with Crippen LogP contribution in [0.4, 0.5) is 0 Å². The summed E-state index contributed by atoms with van der Waals surface area (Å²) in [6.45, 7) is 6.06. The van der Waals surface area contributed by atoms with Gasteiger partial charge in [0.2, 0.25) is 5.91 Å². The van der Waals surface area contributed by atoms with E-state index in [9.17, 15) is 4.79 Å². The summed E-state index contributed by atoms with van der Waals surface area (Å²) in [5.41, 5.74) is 5.94. The molecular formula is C34H38BrN5O. The predicted molar refractivity (Wildman–Crippen MR) is 172 cm³/mol. The van der Waals surface area contributed by atoms with Gasteiger partial charge in [0, 0.05) is 62.6 Å². The minimum atomic E-state index is -0.341. The number of amides is 1. The second kappa shape index (κ2) is 15.2. The molecule has 1 aliphatic heterocycles. The van der Waals surface area contributed by atoms with Crippen molar-refractivity contribution >= 4 is 33.8 Å². The fourth-order valence-corrected chi connectivity index (χ4v) is 5.38. The summed E-state index contributed by atoms with van der Waals surface area (Å²) in [5.74, 6) is -0.108. The monoisotopic (exact) mass is 611 g/mol. The molecule has 0 spiro atoms. The zero-order valence-corrected chi connectivity index (χ0v) is 25.6. The van der Waals surface area contributed by atoms with Gasteiger partial charge in [0.1, 0.15) is 0 Å². The van der Waals surface area contributed by atoms with Gasteiger partial charge in [0.25, 0.3) is 0 Å². The molecule has 1 aromatic heterocycles. The first-order valence-electron chi connectivity index (χ1n) is 14.0. The molecule has 7 heteroatoms. The van der Waals surface area contributed by atoms with Crippen molar-refractivity contribution in [2.75, 3.05) is 20.1 Å². The highest BCUT2D eigenvalue weighted by Crippen LogP contribution is 2.30. The Labute approximate surface area is 252 Å². The highest BCUT2D eigenvalue weighted by Gasteiger charge is 2.32. The average molecular weight is 613 g/mol. The quantitative estimate of drug-likeness (QED) is 0.253. The SMILES string of the molecule is CN=C/C(Br)=C(C)/N=C(\C=C(/C)NCc1cccnc1)C1CCCN(C(=O)C(c2ccccc2)c2ccccc2)C1. The Hall–Kier alpha value is -3.84. The van der Waals surface area contributed by atoms with Crippen LogP contribution in [-0.4, -0.2) is 47.9 Å². The maximum Gasteiger partial charge on any atom is 0.234 e. The van der Waals surface area contributed by atoms with Crippen molar-refractivity contribution in [1.29, 1.82) is 0 Å². The number of rotatable bonds is 10. The van der Waals surface area contributed by atoms with Gasteiger partial charge >= 0.3 is 0 Å². The van der Waals surface area contributed by atoms with Crippen LogP contribution in [0.5, 0.6) is 0 Å². The number of aliphatic imine (C=N–C) groups is 2. The number of carbonyl (C=O) groups is 1. The number of carbonyl (C=O) groups excluding carboxylic acids is 1. The van der Waals surface area contributed by atoms with Crippen molar-refractivity contribution < 1.29 is 4.79 Å². The number of benzene rings is 2. The zero-order valence-electron chi connectivity index (χ0n) is 24.0. The molecule has 1 fully saturated rings. The molecule has 0 aliphatic carbocycles. The summed E-state index contributed by atoms with van der Waals surface area (Å²) >= 11 is 3.60. The molecule has 1 atom stereocenters. The number of nitrogens with one attached hydrogen (secondary N) is 1. The van der Waals surface area contributed by atoms with Crippen LogP contribution >= 0.6 is 15.9 Å². The zero-order chi connectivity index (χ0) is 29.0. The van der Waals surface area contributed by atoms with Crippen LogP contribution in [-0.2, 0) is 11.3 Å². The molecule has 1 saturated heterocycles. The number of likely N-dealkylation sites (tertiary alicyclic amines) is 1. The first-order chi connectivity index (χ1) is 20.0. The summed E-state index contributed by atoms with van der Waals surface area (Å²) in [4.78, 5) is 29.6. The molecule has 212 valence electrons. The second-order valence-electron chi connectivity index (χ2n) is 10.3. The highest BCUT2D eigenvalue weighted by molar-refractivity contribution is 9.12. The molecule has 1 aliphatic rings. The maximum absolute atomic E-state index is 14.2. The third kappa shape index (κ3) is 8.57. The number of piperidine rings is 1. The Morgan fingerprint density at radius 2 is 1.76 bits per heavy atom. The first-order valence-corrected chi connectivity index (χ1v) is 14.8. The molecule has 2 aromatic carbocycles. The second-order valence-corrected chi connectivity index (χ2v) is 11.1. The van der Waals surface area contributed by atoms with E-state index in [-0.39, 0.29) is 17.7 Å². The molecule has 2 heterocycles. The van der Waals surface area contributed by atoms with E-state index in [1.165, 1.54) is 0 Å². The fraction of sp³-hybridized carbons (Fsp3) is 0.294. The number of pyridine rings is 1. The fourth-order valence-electron chi connectivity index (χ4n) is 5.08. The third-order valence-electron chi connectivity index (χ3n) is 7.21. The molecular weight excluding hydrogens is 574 g/mol. The standard InChI is InChI=1S/C34H38BrN5O/c1-25(38-22-27-12-10-18-37-21-27)20-32(39-26(2)31(35)23-36-3)30-17-11-19-40(24-30)34(41)33(28-13-6-4-7-14-28)29-15-8-5-9-16-29/h4-10,12-16,18,20-21,23,30,33,38H,11,17,19,22,24H2,1-3H3/b25-20+,31-26-,36-23?,39-32+. The van der Waals surface area contributed by atoms with Crippen molar-refractivity contribution in [2.24, 2.45) is 15.9 Å². The summed E-state index contributed by atoms with van der Waals surface area (Å²) in [6, 6.07) is 24.2. The van der Waals surface area contributed by atoms with Crippen LogP contribution in [0, 0.1) is 5.92 Å². The van der Waals surface area contributed by atoms with Gasteiger partial charge < -0.3 is 10.2 Å². The van der Waals surface area contributed by atoms with Gasteiger partial charge in [-0.1, -0.05) is 66.7 Å². The lowest BCUT2D eigenvalue weighted by atomic mass is 9.87. The maximum atomic E-state index is 14.2. The van der Waals surface area contributed by atoms with Gasteiger partial charge in [-0.25, -0.2) is 0 Å². The van der Waals surface area contributed by atoms with Crippen LogP contribution in [0.15, 0.2) is 117 Å². The normalized spacial score (nSPS) is 17.1. The van der Waals surface area contributed by atoms with Gasteiger partial charge in [-0.2, -0.15) is 0 Å². The van der Waals surface area contributed by atoms with Gasteiger partial charge in [-0.15, -0.1) is 0 Å². The van der Waals surface area contributed by atoms with Crippen LogP contribution in [0.1, 0.15) is 49.3 Å². The Bertz CT molecular complexity index is 1360. The van der Waals surface area contributed by atoms with Crippen molar-refractivity contribution in [3.05, 3.63) is 124 Å². The van der Waals surface area contributed by atoms with Gasteiger partial charge in [0.15, 0.2) is 0 Å². The number of hydrogen-bond donors (Lipinski definition) is 1. The van der Waals surface area contributed by atoms with Crippen molar-refractivity contribution in [1.82, 2.24) is 15.2 Å². The largest absolute Gasteiger partial charge is 0.384 e. The molecule has 6 nitrogen and oxygen atoms in total. The lowest BCUT2D eigenvalue weighted by Crippen LogP contribution is -2.44. The van der Waals surface area contributed by atoms with E-state index < -0.39 is 0 Å². The van der Waals surface area contributed by atoms with Crippen LogP contribution in [0.25, 0.3) is 0 Å².